The van der Waals surface area contributed by atoms with E-state index in [9.17, 15) is 4.79 Å². The van der Waals surface area contributed by atoms with E-state index in [-0.39, 0.29) is 11.6 Å². The Balaban J connectivity index is 2.04. The van der Waals surface area contributed by atoms with Crippen LogP contribution in [0, 0.1) is 0 Å². The van der Waals surface area contributed by atoms with Crippen molar-refractivity contribution in [3.8, 4) is 0 Å². The Hall–Kier alpha value is -2.08. The highest BCUT2D eigenvalue weighted by Crippen LogP contribution is 2.16. The van der Waals surface area contributed by atoms with Crippen molar-refractivity contribution in [1.29, 1.82) is 0 Å². The van der Waals surface area contributed by atoms with Crippen molar-refractivity contribution in [3.63, 3.8) is 0 Å². The number of rotatable bonds is 6. The molecule has 0 spiro atoms. The first kappa shape index (κ1) is 14.3. The van der Waals surface area contributed by atoms with Crippen molar-refractivity contribution < 1.29 is 4.79 Å². The van der Waals surface area contributed by atoms with Crippen molar-refractivity contribution in [2.24, 2.45) is 0 Å². The molecular formula is C13H16ClN5O. The van der Waals surface area contributed by atoms with Gasteiger partial charge >= 0.3 is 0 Å². The molecule has 20 heavy (non-hydrogen) atoms. The van der Waals surface area contributed by atoms with Gasteiger partial charge in [0.2, 0.25) is 0 Å². The van der Waals surface area contributed by atoms with E-state index in [1.54, 1.807) is 24.7 Å². The smallest absolute Gasteiger partial charge is 0.271 e. The number of carbonyl (C=O) groups is 1. The van der Waals surface area contributed by atoms with E-state index in [0.717, 1.165) is 18.7 Å². The van der Waals surface area contributed by atoms with Gasteiger partial charge in [0.1, 0.15) is 11.5 Å². The number of aromatic amines is 1. The summed E-state index contributed by atoms with van der Waals surface area (Å²) in [6.45, 7) is 3.20. The molecule has 0 saturated carbocycles. The highest BCUT2D eigenvalue weighted by Gasteiger charge is 2.13. The minimum absolute atomic E-state index is 0.215. The van der Waals surface area contributed by atoms with Gasteiger partial charge < -0.3 is 15.6 Å². The Kier molecular flexibility index (Phi) is 4.95. The van der Waals surface area contributed by atoms with E-state index in [1.807, 2.05) is 0 Å². The number of carbonyl (C=O) groups excluding carboxylic acids is 1. The normalized spacial score (nSPS) is 10.3. The van der Waals surface area contributed by atoms with Gasteiger partial charge in [-0.3, -0.25) is 4.79 Å². The molecule has 1 amide bonds. The maximum atomic E-state index is 12.1. The second-order valence-corrected chi connectivity index (χ2v) is 4.62. The van der Waals surface area contributed by atoms with Crippen LogP contribution in [-0.4, -0.2) is 27.4 Å². The molecule has 0 aromatic carbocycles. The molecule has 6 nitrogen and oxygen atoms in total. The fourth-order valence-electron chi connectivity index (χ4n) is 1.59. The second-order valence-electron chi connectivity index (χ2n) is 4.21. The Labute approximate surface area is 122 Å². The summed E-state index contributed by atoms with van der Waals surface area (Å²) in [7, 11) is 0. The molecule has 7 heteroatoms. The van der Waals surface area contributed by atoms with E-state index < -0.39 is 0 Å². The number of pyridine rings is 1. The lowest BCUT2D eigenvalue weighted by molar-refractivity contribution is 0.0946. The number of hydrogen-bond acceptors (Lipinski definition) is 4. The summed E-state index contributed by atoms with van der Waals surface area (Å²) in [4.78, 5) is 23.1. The summed E-state index contributed by atoms with van der Waals surface area (Å²) in [5.41, 5.74) is 1.03. The molecule has 2 aromatic heterocycles. The lowest BCUT2D eigenvalue weighted by Crippen LogP contribution is -2.24. The lowest BCUT2D eigenvalue weighted by atomic mass is 10.3. The van der Waals surface area contributed by atoms with Crippen LogP contribution >= 0.6 is 11.6 Å². The summed E-state index contributed by atoms with van der Waals surface area (Å²) in [6, 6.07) is 3.42. The number of imidazole rings is 1. The largest absolute Gasteiger partial charge is 0.370 e. The van der Waals surface area contributed by atoms with Crippen LogP contribution in [0.1, 0.15) is 29.5 Å². The first-order chi connectivity index (χ1) is 9.70. The average molecular weight is 294 g/mol. The molecule has 2 aromatic rings. The summed E-state index contributed by atoms with van der Waals surface area (Å²) < 4.78 is 0. The summed E-state index contributed by atoms with van der Waals surface area (Å²) >= 11 is 6.01. The van der Waals surface area contributed by atoms with Crippen LogP contribution < -0.4 is 10.6 Å². The molecule has 0 radical (unpaired) electrons. The van der Waals surface area contributed by atoms with E-state index >= 15 is 0 Å². The highest BCUT2D eigenvalue weighted by molar-refractivity contribution is 6.33. The number of H-pyrrole nitrogens is 1. The SMILES string of the molecule is CCCNc1ccc(Cl)c(C(=O)NCc2cnc[nH]2)n1. The quantitative estimate of drug-likeness (QED) is 0.762. The van der Waals surface area contributed by atoms with Crippen LogP contribution in [0.15, 0.2) is 24.7 Å². The van der Waals surface area contributed by atoms with Crippen molar-refractivity contribution in [1.82, 2.24) is 20.3 Å². The number of amides is 1. The predicted molar refractivity (Wildman–Crippen MR) is 77.8 cm³/mol. The van der Waals surface area contributed by atoms with Gasteiger partial charge in [0, 0.05) is 12.7 Å². The first-order valence-electron chi connectivity index (χ1n) is 6.36. The summed E-state index contributed by atoms with van der Waals surface area (Å²) in [6.07, 6.45) is 4.18. The van der Waals surface area contributed by atoms with Gasteiger partial charge in [-0.1, -0.05) is 18.5 Å². The third kappa shape index (κ3) is 3.71. The lowest BCUT2D eigenvalue weighted by Gasteiger charge is -2.08. The fourth-order valence-corrected chi connectivity index (χ4v) is 1.78. The molecule has 0 aliphatic carbocycles. The molecule has 0 aliphatic rings. The van der Waals surface area contributed by atoms with Gasteiger partial charge in [0.05, 0.1) is 23.6 Å². The number of nitrogens with one attached hydrogen (secondary N) is 3. The van der Waals surface area contributed by atoms with Crippen LogP contribution in [-0.2, 0) is 6.54 Å². The van der Waals surface area contributed by atoms with Crippen molar-refractivity contribution >= 4 is 23.3 Å². The first-order valence-corrected chi connectivity index (χ1v) is 6.74. The molecule has 2 heterocycles. The van der Waals surface area contributed by atoms with E-state index in [2.05, 4.69) is 32.5 Å². The number of anilines is 1. The van der Waals surface area contributed by atoms with Gasteiger partial charge in [-0.05, 0) is 18.6 Å². The molecule has 0 atom stereocenters. The van der Waals surface area contributed by atoms with Gasteiger partial charge in [-0.15, -0.1) is 0 Å². The van der Waals surface area contributed by atoms with E-state index in [1.165, 1.54) is 0 Å². The predicted octanol–water partition coefficient (Wildman–Crippen LogP) is 2.21. The second kappa shape index (κ2) is 6.91. The number of hydrogen-bond donors (Lipinski definition) is 3. The van der Waals surface area contributed by atoms with Gasteiger partial charge in [-0.25, -0.2) is 9.97 Å². The van der Waals surface area contributed by atoms with Gasteiger partial charge in [-0.2, -0.15) is 0 Å². The zero-order chi connectivity index (χ0) is 14.4. The van der Waals surface area contributed by atoms with Crippen LogP contribution in [0.5, 0.6) is 0 Å². The standard InChI is InChI=1S/C13H16ClN5O/c1-2-5-16-11-4-3-10(14)12(19-11)13(20)17-7-9-6-15-8-18-9/h3-4,6,8H,2,5,7H2,1H3,(H,15,18)(H,16,19)(H,17,20). The molecule has 0 fully saturated rings. The minimum atomic E-state index is -0.315. The monoisotopic (exact) mass is 293 g/mol. The third-order valence-electron chi connectivity index (χ3n) is 2.61. The number of halogens is 1. The van der Waals surface area contributed by atoms with Crippen molar-refractivity contribution in [2.75, 3.05) is 11.9 Å². The van der Waals surface area contributed by atoms with Crippen LogP contribution in [0.25, 0.3) is 0 Å². The zero-order valence-electron chi connectivity index (χ0n) is 11.1. The maximum absolute atomic E-state index is 12.1. The molecule has 0 saturated heterocycles. The van der Waals surface area contributed by atoms with Crippen molar-refractivity contribution in [2.45, 2.75) is 19.9 Å². The number of nitrogens with zero attached hydrogens (tertiary/aromatic N) is 2. The van der Waals surface area contributed by atoms with Crippen LogP contribution in [0.3, 0.4) is 0 Å². The molecule has 3 N–H and O–H groups in total. The average Bonchev–Trinajstić information content (AvgIpc) is 2.97. The molecule has 0 bridgehead atoms. The highest BCUT2D eigenvalue weighted by atomic mass is 35.5. The fraction of sp³-hybridized carbons (Fsp3) is 0.308. The van der Waals surface area contributed by atoms with Crippen molar-refractivity contribution in [3.05, 3.63) is 41.1 Å². The zero-order valence-corrected chi connectivity index (χ0v) is 11.9. The molecule has 2 rings (SSSR count). The maximum Gasteiger partial charge on any atom is 0.271 e. The Morgan fingerprint density at radius 3 is 3.00 bits per heavy atom. The molecule has 0 unspecified atom stereocenters. The van der Waals surface area contributed by atoms with Crippen LogP contribution in [0.2, 0.25) is 5.02 Å². The Morgan fingerprint density at radius 2 is 2.30 bits per heavy atom. The Bertz CT molecular complexity index is 570. The minimum Gasteiger partial charge on any atom is -0.370 e. The summed E-state index contributed by atoms with van der Waals surface area (Å²) in [5.74, 6) is 0.327. The Morgan fingerprint density at radius 1 is 1.45 bits per heavy atom. The molecule has 0 aliphatic heterocycles. The van der Waals surface area contributed by atoms with Gasteiger partial charge in [0.15, 0.2) is 0 Å². The molecule has 106 valence electrons. The summed E-state index contributed by atoms with van der Waals surface area (Å²) in [5, 5.41) is 6.19. The van der Waals surface area contributed by atoms with Gasteiger partial charge in [0.25, 0.3) is 5.91 Å². The van der Waals surface area contributed by atoms with E-state index in [0.29, 0.717) is 17.4 Å². The molecular weight excluding hydrogens is 278 g/mol. The number of aromatic nitrogens is 3. The topological polar surface area (TPSA) is 82.7 Å². The van der Waals surface area contributed by atoms with Crippen LogP contribution in [0.4, 0.5) is 5.82 Å². The third-order valence-corrected chi connectivity index (χ3v) is 2.92. The van der Waals surface area contributed by atoms with E-state index in [4.69, 9.17) is 11.6 Å².